The summed E-state index contributed by atoms with van der Waals surface area (Å²) >= 11 is 0. The van der Waals surface area contributed by atoms with Crippen molar-refractivity contribution in [2.75, 3.05) is 26.9 Å². The Kier molecular flexibility index (Phi) is 8.33. The van der Waals surface area contributed by atoms with Gasteiger partial charge in [-0.3, -0.25) is 9.59 Å². The summed E-state index contributed by atoms with van der Waals surface area (Å²) in [4.78, 5) is 27.5. The highest BCUT2D eigenvalue weighted by Crippen LogP contribution is 2.41. The van der Waals surface area contributed by atoms with Gasteiger partial charge in [0, 0.05) is 19.2 Å². The molecule has 0 bridgehead atoms. The Balaban J connectivity index is 1.67. The molecule has 1 atom stereocenters. The van der Waals surface area contributed by atoms with Crippen LogP contribution in [0.5, 0.6) is 17.2 Å². The van der Waals surface area contributed by atoms with Crippen LogP contribution in [0.25, 0.3) is 5.76 Å². The Labute approximate surface area is 221 Å². The number of hydrogen-bond acceptors (Lipinski definition) is 7. The molecule has 1 fully saturated rings. The molecule has 0 unspecified atom stereocenters. The molecule has 4 rings (SSSR count). The smallest absolute Gasteiger partial charge is 0.295 e. The van der Waals surface area contributed by atoms with Crippen molar-refractivity contribution in [3.8, 4) is 17.2 Å². The number of ketones is 1. The fourth-order valence-electron chi connectivity index (χ4n) is 4.45. The van der Waals surface area contributed by atoms with Gasteiger partial charge in [0.2, 0.25) is 0 Å². The number of Topliss-reactive ketones (excluding diaryl/α,β-unsaturated/α-hetero) is 1. The molecule has 198 valence electrons. The van der Waals surface area contributed by atoms with Gasteiger partial charge in [-0.05, 0) is 61.4 Å². The van der Waals surface area contributed by atoms with Gasteiger partial charge in [0.25, 0.3) is 11.7 Å². The summed E-state index contributed by atoms with van der Waals surface area (Å²) in [6, 6.07) is 18.4. The third kappa shape index (κ3) is 5.65. The van der Waals surface area contributed by atoms with Gasteiger partial charge in [-0.2, -0.15) is 0 Å². The van der Waals surface area contributed by atoms with E-state index in [-0.39, 0.29) is 36.0 Å². The predicted octanol–water partition coefficient (Wildman–Crippen LogP) is 4.75. The number of aryl methyl sites for hydroxylation is 1. The lowest BCUT2D eigenvalue weighted by Crippen LogP contribution is -2.32. The Bertz CT molecular complexity index is 1350. The molecule has 1 aliphatic heterocycles. The summed E-state index contributed by atoms with van der Waals surface area (Å²) < 4.78 is 16.5. The number of methoxy groups -OCH3 is 1. The van der Waals surface area contributed by atoms with E-state index in [1.807, 2.05) is 31.2 Å². The molecule has 1 aliphatic rings. The third-order valence-electron chi connectivity index (χ3n) is 6.29. The van der Waals surface area contributed by atoms with E-state index in [9.17, 15) is 19.8 Å². The topological polar surface area (TPSA) is 106 Å². The van der Waals surface area contributed by atoms with E-state index in [1.54, 1.807) is 43.3 Å². The number of carbonyl (C=O) groups excluding carboxylic acids is 2. The Morgan fingerprint density at radius 2 is 1.76 bits per heavy atom. The van der Waals surface area contributed by atoms with Crippen molar-refractivity contribution < 1.29 is 34.0 Å². The lowest BCUT2D eigenvalue weighted by molar-refractivity contribution is -0.140. The summed E-state index contributed by atoms with van der Waals surface area (Å²) in [5.74, 6) is -1.08. The quantitative estimate of drug-likeness (QED) is 0.227. The number of aliphatic hydroxyl groups excluding tert-OH is 1. The Morgan fingerprint density at radius 1 is 1.00 bits per heavy atom. The van der Waals surface area contributed by atoms with Crippen LogP contribution in [0.2, 0.25) is 0 Å². The van der Waals surface area contributed by atoms with E-state index in [2.05, 4.69) is 0 Å². The number of phenols is 1. The minimum absolute atomic E-state index is 0.0485. The van der Waals surface area contributed by atoms with Crippen molar-refractivity contribution in [2.45, 2.75) is 26.5 Å². The van der Waals surface area contributed by atoms with E-state index >= 15 is 0 Å². The fraction of sp³-hybridized carbons (Fsp3) is 0.267. The summed E-state index contributed by atoms with van der Waals surface area (Å²) in [5, 5.41) is 21.4. The molecule has 2 N–H and O–H groups in total. The number of aromatic hydroxyl groups is 1. The summed E-state index contributed by atoms with van der Waals surface area (Å²) in [6.45, 7) is 4.85. The predicted molar refractivity (Wildman–Crippen MR) is 142 cm³/mol. The monoisotopic (exact) mass is 517 g/mol. The van der Waals surface area contributed by atoms with Gasteiger partial charge in [0.15, 0.2) is 11.5 Å². The molecule has 3 aromatic rings. The van der Waals surface area contributed by atoms with Crippen LogP contribution < -0.4 is 9.47 Å². The molecule has 3 aromatic carbocycles. The molecule has 38 heavy (non-hydrogen) atoms. The molecule has 8 nitrogen and oxygen atoms in total. The summed E-state index contributed by atoms with van der Waals surface area (Å²) in [6.07, 6.45) is 0. The van der Waals surface area contributed by atoms with Crippen LogP contribution in [0.15, 0.2) is 72.3 Å². The first-order valence-corrected chi connectivity index (χ1v) is 12.4. The number of carbonyl (C=O) groups is 2. The van der Waals surface area contributed by atoms with Gasteiger partial charge in [0.1, 0.15) is 18.1 Å². The first kappa shape index (κ1) is 26.8. The lowest BCUT2D eigenvalue weighted by atomic mass is 9.95. The molecular weight excluding hydrogens is 486 g/mol. The standard InChI is InChI=1S/C30H31NO7/c1-4-37-25-17-22(10-13-24(25)32)27-26(29(34)30(35)31(27)14-15-36-3)28(33)21-8-11-23(12-9-21)38-18-20-7-5-6-19(2)16-20/h5-13,16-17,27,32-33H,4,14-15,18H2,1-3H3/t27-/m0/s1. The molecule has 0 aromatic heterocycles. The Hall–Kier alpha value is -4.30. The van der Waals surface area contributed by atoms with Crippen LogP contribution in [-0.4, -0.2) is 53.7 Å². The molecule has 0 radical (unpaired) electrons. The van der Waals surface area contributed by atoms with Crippen LogP contribution in [0, 0.1) is 6.92 Å². The van der Waals surface area contributed by atoms with E-state index < -0.39 is 17.7 Å². The van der Waals surface area contributed by atoms with Crippen molar-refractivity contribution in [1.29, 1.82) is 0 Å². The number of ether oxygens (including phenoxy) is 3. The molecule has 1 heterocycles. The average Bonchev–Trinajstić information content (AvgIpc) is 3.17. The molecule has 1 saturated heterocycles. The minimum atomic E-state index is -0.887. The number of aliphatic hydroxyl groups is 1. The van der Waals surface area contributed by atoms with Crippen LogP contribution in [0.1, 0.15) is 35.2 Å². The van der Waals surface area contributed by atoms with Gasteiger partial charge in [0.05, 0.1) is 24.8 Å². The van der Waals surface area contributed by atoms with Crippen LogP contribution in [0.4, 0.5) is 0 Å². The number of amides is 1. The number of phenolic OH excluding ortho intramolecular Hbond substituents is 1. The molecule has 0 saturated carbocycles. The van der Waals surface area contributed by atoms with Gasteiger partial charge >= 0.3 is 0 Å². The normalized spacial score (nSPS) is 16.6. The number of benzene rings is 3. The van der Waals surface area contributed by atoms with E-state index in [1.165, 1.54) is 18.1 Å². The number of nitrogens with zero attached hydrogens (tertiary/aromatic N) is 1. The highest BCUT2D eigenvalue weighted by Gasteiger charge is 2.46. The number of rotatable bonds is 10. The van der Waals surface area contributed by atoms with Gasteiger partial charge in [-0.15, -0.1) is 0 Å². The maximum Gasteiger partial charge on any atom is 0.295 e. The van der Waals surface area contributed by atoms with Crippen molar-refractivity contribution in [2.24, 2.45) is 0 Å². The highest BCUT2D eigenvalue weighted by molar-refractivity contribution is 6.46. The minimum Gasteiger partial charge on any atom is -0.507 e. The van der Waals surface area contributed by atoms with Crippen molar-refractivity contribution in [3.05, 3.63) is 94.6 Å². The zero-order valence-electron chi connectivity index (χ0n) is 21.6. The van der Waals surface area contributed by atoms with Gasteiger partial charge < -0.3 is 29.3 Å². The second kappa shape index (κ2) is 11.8. The molecule has 0 aliphatic carbocycles. The van der Waals surface area contributed by atoms with Crippen LogP contribution in [-0.2, 0) is 20.9 Å². The first-order valence-electron chi connectivity index (χ1n) is 12.4. The molecule has 8 heteroatoms. The largest absolute Gasteiger partial charge is 0.507 e. The summed E-state index contributed by atoms with van der Waals surface area (Å²) in [5.41, 5.74) is 3.01. The number of hydrogen-bond donors (Lipinski definition) is 2. The maximum absolute atomic E-state index is 13.2. The van der Waals surface area contributed by atoms with Crippen molar-refractivity contribution in [1.82, 2.24) is 4.90 Å². The SMILES string of the molecule is CCOc1cc([C@H]2C(=C(O)c3ccc(OCc4cccc(C)c4)cc3)C(=O)C(=O)N2CCOC)ccc1O. The zero-order valence-corrected chi connectivity index (χ0v) is 21.6. The maximum atomic E-state index is 13.2. The Morgan fingerprint density at radius 3 is 2.45 bits per heavy atom. The highest BCUT2D eigenvalue weighted by atomic mass is 16.5. The fourth-order valence-corrected chi connectivity index (χ4v) is 4.45. The second-order valence-electron chi connectivity index (χ2n) is 8.95. The first-order chi connectivity index (χ1) is 18.3. The van der Waals surface area contributed by atoms with E-state index in [0.29, 0.717) is 30.1 Å². The van der Waals surface area contributed by atoms with Crippen molar-refractivity contribution >= 4 is 17.4 Å². The van der Waals surface area contributed by atoms with Crippen molar-refractivity contribution in [3.63, 3.8) is 0 Å². The average molecular weight is 518 g/mol. The zero-order chi connectivity index (χ0) is 27.2. The molecule has 0 spiro atoms. The van der Waals surface area contributed by atoms with E-state index in [4.69, 9.17) is 14.2 Å². The summed E-state index contributed by atoms with van der Waals surface area (Å²) in [7, 11) is 1.50. The lowest BCUT2D eigenvalue weighted by Gasteiger charge is -2.25. The van der Waals surface area contributed by atoms with Gasteiger partial charge in [-0.25, -0.2) is 0 Å². The van der Waals surface area contributed by atoms with Crippen LogP contribution >= 0.6 is 0 Å². The third-order valence-corrected chi connectivity index (χ3v) is 6.29. The molecule has 1 amide bonds. The molecular formula is C30H31NO7. The number of likely N-dealkylation sites (tertiary alicyclic amines) is 1. The van der Waals surface area contributed by atoms with Crippen LogP contribution in [0.3, 0.4) is 0 Å². The van der Waals surface area contributed by atoms with E-state index in [0.717, 1.165) is 11.1 Å². The second-order valence-corrected chi connectivity index (χ2v) is 8.95. The van der Waals surface area contributed by atoms with Gasteiger partial charge in [-0.1, -0.05) is 35.9 Å².